The van der Waals surface area contributed by atoms with Crippen molar-refractivity contribution in [1.82, 2.24) is 15.2 Å². The van der Waals surface area contributed by atoms with Crippen molar-refractivity contribution in [3.8, 4) is 0 Å². The summed E-state index contributed by atoms with van der Waals surface area (Å²) >= 11 is 0. The van der Waals surface area contributed by atoms with Crippen LogP contribution in [0.5, 0.6) is 0 Å². The Bertz CT molecular complexity index is 470. The van der Waals surface area contributed by atoms with Gasteiger partial charge in [0.25, 0.3) is 0 Å². The van der Waals surface area contributed by atoms with Crippen LogP contribution in [0.15, 0.2) is 18.5 Å². The maximum absolute atomic E-state index is 14.3. The summed E-state index contributed by atoms with van der Waals surface area (Å²) in [6.07, 6.45) is 7.65. The average molecular weight is 293 g/mol. The lowest BCUT2D eigenvalue weighted by Gasteiger charge is -2.48. The summed E-state index contributed by atoms with van der Waals surface area (Å²) in [5.41, 5.74) is 0.738. The van der Waals surface area contributed by atoms with E-state index in [1.807, 2.05) is 13.1 Å². The number of ether oxygens (including phenoxy) is 1. The molecule has 1 saturated heterocycles. The van der Waals surface area contributed by atoms with Crippen LogP contribution in [0.3, 0.4) is 0 Å². The molecule has 0 radical (unpaired) electrons. The van der Waals surface area contributed by atoms with Gasteiger partial charge in [-0.15, -0.1) is 0 Å². The molecule has 1 saturated carbocycles. The molecule has 0 bridgehead atoms. The number of halogens is 1. The minimum Gasteiger partial charge on any atom is -0.379 e. The van der Waals surface area contributed by atoms with Crippen molar-refractivity contribution in [2.45, 2.75) is 37.3 Å². The lowest BCUT2D eigenvalue weighted by atomic mass is 9.81. The van der Waals surface area contributed by atoms with Gasteiger partial charge in [-0.05, 0) is 26.0 Å². The van der Waals surface area contributed by atoms with E-state index in [9.17, 15) is 4.39 Å². The van der Waals surface area contributed by atoms with Crippen LogP contribution in [-0.4, -0.2) is 48.8 Å². The summed E-state index contributed by atoms with van der Waals surface area (Å²) in [6.45, 7) is 3.42. The van der Waals surface area contributed by atoms with E-state index in [4.69, 9.17) is 4.74 Å². The van der Waals surface area contributed by atoms with Crippen molar-refractivity contribution >= 4 is 0 Å². The van der Waals surface area contributed by atoms with Crippen LogP contribution in [0.4, 0.5) is 4.39 Å². The standard InChI is InChI=1S/C16H24FN3O/c1-18-15(13-4-7-19-12-14(13)17)16(5-2-3-6-16)20-8-10-21-11-9-20/h4,7,12,15,18H,2-3,5-6,8-11H2,1H3. The third-order valence-electron chi connectivity index (χ3n) is 5.05. The second-order valence-electron chi connectivity index (χ2n) is 6.03. The fourth-order valence-corrected chi connectivity index (χ4v) is 4.12. The van der Waals surface area contributed by atoms with Crippen molar-refractivity contribution in [1.29, 1.82) is 0 Å². The van der Waals surface area contributed by atoms with E-state index in [1.165, 1.54) is 19.0 Å². The molecule has 1 N–H and O–H groups in total. The minimum atomic E-state index is -0.212. The molecule has 1 aliphatic carbocycles. The highest BCUT2D eigenvalue weighted by Crippen LogP contribution is 2.45. The van der Waals surface area contributed by atoms with Gasteiger partial charge >= 0.3 is 0 Å². The van der Waals surface area contributed by atoms with Crippen LogP contribution in [0, 0.1) is 5.82 Å². The predicted octanol–water partition coefficient (Wildman–Crippen LogP) is 2.13. The van der Waals surface area contributed by atoms with Crippen LogP contribution in [0.2, 0.25) is 0 Å². The van der Waals surface area contributed by atoms with E-state index in [0.29, 0.717) is 0 Å². The Labute approximate surface area is 125 Å². The van der Waals surface area contributed by atoms with E-state index >= 15 is 0 Å². The molecular formula is C16H24FN3O. The van der Waals surface area contributed by atoms with E-state index < -0.39 is 0 Å². The monoisotopic (exact) mass is 293 g/mol. The van der Waals surface area contributed by atoms with Gasteiger partial charge < -0.3 is 10.1 Å². The SMILES string of the molecule is CNC(c1ccncc1F)C1(N2CCOCC2)CCCC1. The quantitative estimate of drug-likeness (QED) is 0.923. The fraction of sp³-hybridized carbons (Fsp3) is 0.688. The minimum absolute atomic E-state index is 0.000718. The van der Waals surface area contributed by atoms with Gasteiger partial charge in [0.1, 0.15) is 5.82 Å². The molecule has 1 atom stereocenters. The summed E-state index contributed by atoms with van der Waals surface area (Å²) < 4.78 is 19.8. The molecule has 1 aromatic heterocycles. The molecule has 2 fully saturated rings. The first-order valence-corrected chi connectivity index (χ1v) is 7.87. The number of nitrogens with zero attached hydrogens (tertiary/aromatic N) is 2. The summed E-state index contributed by atoms with van der Waals surface area (Å²) in [5.74, 6) is -0.212. The third kappa shape index (κ3) is 2.70. The van der Waals surface area contributed by atoms with Gasteiger partial charge in [0.15, 0.2) is 0 Å². The number of morpholine rings is 1. The summed E-state index contributed by atoms with van der Waals surface area (Å²) in [4.78, 5) is 6.41. The Hall–Kier alpha value is -1.04. The largest absolute Gasteiger partial charge is 0.379 e. The first kappa shape index (κ1) is 14.9. The zero-order chi connectivity index (χ0) is 14.7. The van der Waals surface area contributed by atoms with E-state index in [1.54, 1.807) is 6.20 Å². The molecule has 1 aliphatic heterocycles. The molecule has 0 aromatic carbocycles. The average Bonchev–Trinajstić information content (AvgIpc) is 3.01. The number of nitrogens with one attached hydrogen (secondary N) is 1. The lowest BCUT2D eigenvalue weighted by Crippen LogP contribution is -2.58. The molecule has 116 valence electrons. The first-order chi connectivity index (χ1) is 10.3. The summed E-state index contributed by atoms with van der Waals surface area (Å²) in [5, 5.41) is 3.39. The van der Waals surface area contributed by atoms with Crippen LogP contribution in [-0.2, 0) is 4.74 Å². The molecule has 1 unspecified atom stereocenters. The van der Waals surface area contributed by atoms with Crippen molar-refractivity contribution < 1.29 is 9.13 Å². The van der Waals surface area contributed by atoms with Crippen molar-refractivity contribution in [3.05, 3.63) is 29.8 Å². The predicted molar refractivity (Wildman–Crippen MR) is 79.6 cm³/mol. The maximum Gasteiger partial charge on any atom is 0.146 e. The van der Waals surface area contributed by atoms with Crippen LogP contribution >= 0.6 is 0 Å². The molecule has 21 heavy (non-hydrogen) atoms. The Morgan fingerprint density at radius 1 is 1.33 bits per heavy atom. The van der Waals surface area contributed by atoms with E-state index in [-0.39, 0.29) is 17.4 Å². The van der Waals surface area contributed by atoms with Gasteiger partial charge in [-0.3, -0.25) is 9.88 Å². The van der Waals surface area contributed by atoms with Gasteiger partial charge in [0.2, 0.25) is 0 Å². The smallest absolute Gasteiger partial charge is 0.146 e. The highest BCUT2D eigenvalue weighted by Gasteiger charge is 2.47. The molecule has 2 heterocycles. The van der Waals surface area contributed by atoms with Crippen LogP contribution in [0.25, 0.3) is 0 Å². The molecule has 5 heteroatoms. The van der Waals surface area contributed by atoms with Crippen molar-refractivity contribution in [2.24, 2.45) is 0 Å². The topological polar surface area (TPSA) is 37.4 Å². The Morgan fingerprint density at radius 3 is 2.67 bits per heavy atom. The van der Waals surface area contributed by atoms with Gasteiger partial charge in [0.05, 0.1) is 25.5 Å². The number of pyridine rings is 1. The number of aromatic nitrogens is 1. The zero-order valence-corrected chi connectivity index (χ0v) is 12.6. The Balaban J connectivity index is 1.96. The Morgan fingerprint density at radius 2 is 2.05 bits per heavy atom. The number of hydrogen-bond acceptors (Lipinski definition) is 4. The van der Waals surface area contributed by atoms with Crippen LogP contribution in [0.1, 0.15) is 37.3 Å². The Kier molecular flexibility index (Phi) is 4.52. The summed E-state index contributed by atoms with van der Waals surface area (Å²) in [7, 11) is 1.94. The molecule has 3 rings (SSSR count). The lowest BCUT2D eigenvalue weighted by molar-refractivity contribution is -0.0358. The summed E-state index contributed by atoms with van der Waals surface area (Å²) in [6, 6.07) is 1.82. The molecule has 2 aliphatic rings. The van der Waals surface area contributed by atoms with Gasteiger partial charge in [0, 0.05) is 30.4 Å². The second kappa shape index (κ2) is 6.38. The van der Waals surface area contributed by atoms with Crippen molar-refractivity contribution in [2.75, 3.05) is 33.4 Å². The van der Waals surface area contributed by atoms with Crippen molar-refractivity contribution in [3.63, 3.8) is 0 Å². The number of likely N-dealkylation sites (N-methyl/N-ethyl adjacent to an activating group) is 1. The highest BCUT2D eigenvalue weighted by molar-refractivity contribution is 5.24. The first-order valence-electron chi connectivity index (χ1n) is 7.87. The molecule has 1 aromatic rings. The number of rotatable bonds is 4. The molecule has 0 spiro atoms. The van der Waals surface area contributed by atoms with Gasteiger partial charge in [-0.2, -0.15) is 0 Å². The normalized spacial score (nSPS) is 24.1. The maximum atomic E-state index is 14.3. The van der Waals surface area contributed by atoms with Crippen LogP contribution < -0.4 is 5.32 Å². The van der Waals surface area contributed by atoms with E-state index in [0.717, 1.165) is 44.7 Å². The molecular weight excluding hydrogens is 269 g/mol. The van der Waals surface area contributed by atoms with Gasteiger partial charge in [-0.25, -0.2) is 4.39 Å². The van der Waals surface area contributed by atoms with Gasteiger partial charge in [-0.1, -0.05) is 12.8 Å². The number of hydrogen-bond donors (Lipinski definition) is 1. The molecule has 4 nitrogen and oxygen atoms in total. The third-order valence-corrected chi connectivity index (χ3v) is 5.05. The van der Waals surface area contributed by atoms with E-state index in [2.05, 4.69) is 15.2 Å². The fourth-order valence-electron chi connectivity index (χ4n) is 4.12. The highest BCUT2D eigenvalue weighted by atomic mass is 19.1. The second-order valence-corrected chi connectivity index (χ2v) is 6.03. The molecule has 0 amide bonds. The zero-order valence-electron chi connectivity index (χ0n) is 12.6.